The van der Waals surface area contributed by atoms with Gasteiger partial charge < -0.3 is 24.5 Å². The molecule has 7 heteroatoms. The van der Waals surface area contributed by atoms with Crippen LogP contribution in [0.2, 0.25) is 0 Å². The van der Waals surface area contributed by atoms with E-state index in [1.807, 2.05) is 62.1 Å². The normalized spacial score (nSPS) is 19.7. The SMILES string of the molecule is CC(C)(C)OC(=O)c1cccc(CN2CN(c3ccccc3)C3(CCN(CCCC(O)C4=CCCC=C4)CC3)C2=O)c1. The lowest BCUT2D eigenvalue weighted by Crippen LogP contribution is -2.56. The second kappa shape index (κ2) is 12.8. The lowest BCUT2D eigenvalue weighted by molar-refractivity contribution is -0.134. The van der Waals surface area contributed by atoms with Crippen LogP contribution in [0.15, 0.2) is 78.4 Å². The lowest BCUT2D eigenvalue weighted by Gasteiger charge is -2.43. The van der Waals surface area contributed by atoms with E-state index < -0.39 is 17.2 Å². The number of carbonyl (C=O) groups is 2. The first-order valence-electron chi connectivity index (χ1n) is 15.4. The van der Waals surface area contributed by atoms with Gasteiger partial charge in [0, 0.05) is 25.3 Å². The van der Waals surface area contributed by atoms with Gasteiger partial charge in [0.2, 0.25) is 5.91 Å². The molecule has 42 heavy (non-hydrogen) atoms. The van der Waals surface area contributed by atoms with Crippen molar-refractivity contribution in [3.63, 3.8) is 0 Å². The summed E-state index contributed by atoms with van der Waals surface area (Å²) in [6.07, 6.45) is 11.2. The predicted octanol–water partition coefficient (Wildman–Crippen LogP) is 5.70. The molecule has 2 heterocycles. The number of nitrogens with zero attached hydrogens (tertiary/aromatic N) is 3. The number of piperidine rings is 1. The third-order valence-electron chi connectivity index (χ3n) is 8.56. The highest BCUT2D eigenvalue weighted by atomic mass is 16.6. The molecule has 1 unspecified atom stereocenters. The summed E-state index contributed by atoms with van der Waals surface area (Å²) in [5.41, 5.74) is 2.36. The number of rotatable bonds is 9. The van der Waals surface area contributed by atoms with Gasteiger partial charge in [0.25, 0.3) is 0 Å². The fraction of sp³-hybridized carbons (Fsp3) is 0.486. The topological polar surface area (TPSA) is 73.3 Å². The standard InChI is InChI=1S/C35H45N3O4/c1-34(2,3)42-32(40)29-15-10-12-27(24-29)25-37-26-38(30-16-8-5-9-17-30)35(33(37)41)19-22-36(23-20-35)21-11-18-31(39)28-13-6-4-7-14-28/h5-6,8-10,12-17,24,31,39H,4,7,11,18-23,25-26H2,1-3H3. The van der Waals surface area contributed by atoms with Crippen LogP contribution < -0.4 is 4.90 Å². The van der Waals surface area contributed by atoms with Gasteiger partial charge in [-0.15, -0.1) is 0 Å². The van der Waals surface area contributed by atoms with Gasteiger partial charge in [-0.05, 0) is 101 Å². The Morgan fingerprint density at radius 2 is 1.81 bits per heavy atom. The summed E-state index contributed by atoms with van der Waals surface area (Å²) < 4.78 is 5.56. The number of aliphatic hydroxyl groups excluding tert-OH is 1. The number of para-hydroxylation sites is 1. The molecule has 2 fully saturated rings. The van der Waals surface area contributed by atoms with E-state index in [1.54, 1.807) is 6.07 Å². The number of likely N-dealkylation sites (tertiary alicyclic amines) is 1. The van der Waals surface area contributed by atoms with Crippen molar-refractivity contribution >= 4 is 17.6 Å². The Balaban J connectivity index is 1.25. The number of hydrogen-bond acceptors (Lipinski definition) is 6. The summed E-state index contributed by atoms with van der Waals surface area (Å²) in [6.45, 7) is 9.13. The molecule has 1 atom stereocenters. The Morgan fingerprint density at radius 1 is 1.05 bits per heavy atom. The van der Waals surface area contributed by atoms with Gasteiger partial charge in [-0.2, -0.15) is 0 Å². The minimum absolute atomic E-state index is 0.153. The first-order chi connectivity index (χ1) is 20.1. The van der Waals surface area contributed by atoms with Crippen molar-refractivity contribution < 1.29 is 19.4 Å². The monoisotopic (exact) mass is 571 g/mol. The van der Waals surface area contributed by atoms with Crippen molar-refractivity contribution in [1.29, 1.82) is 0 Å². The van der Waals surface area contributed by atoms with Crippen molar-refractivity contribution in [3.05, 3.63) is 89.5 Å². The van der Waals surface area contributed by atoms with E-state index in [2.05, 4.69) is 40.2 Å². The summed E-state index contributed by atoms with van der Waals surface area (Å²) in [5, 5.41) is 10.6. The van der Waals surface area contributed by atoms with Gasteiger partial charge in [-0.1, -0.05) is 48.6 Å². The average molecular weight is 572 g/mol. The van der Waals surface area contributed by atoms with Crippen LogP contribution in [-0.2, 0) is 16.1 Å². The summed E-state index contributed by atoms with van der Waals surface area (Å²) in [5.74, 6) is -0.202. The van der Waals surface area contributed by atoms with Gasteiger partial charge >= 0.3 is 5.97 Å². The highest BCUT2D eigenvalue weighted by molar-refractivity contribution is 5.94. The highest BCUT2D eigenvalue weighted by Crippen LogP contribution is 2.40. The number of allylic oxidation sites excluding steroid dienone is 2. The largest absolute Gasteiger partial charge is 0.456 e. The number of benzene rings is 2. The fourth-order valence-corrected chi connectivity index (χ4v) is 6.38. The molecule has 2 aliphatic heterocycles. The second-order valence-corrected chi connectivity index (χ2v) is 12.8. The maximum absolute atomic E-state index is 14.2. The van der Waals surface area contributed by atoms with Crippen LogP contribution in [0.3, 0.4) is 0 Å². The number of aliphatic hydroxyl groups is 1. The number of ether oxygens (including phenoxy) is 1. The van der Waals surface area contributed by atoms with E-state index in [4.69, 9.17) is 4.74 Å². The molecule has 224 valence electrons. The lowest BCUT2D eigenvalue weighted by atomic mass is 9.85. The Morgan fingerprint density at radius 3 is 2.50 bits per heavy atom. The van der Waals surface area contributed by atoms with Crippen LogP contribution in [0.25, 0.3) is 0 Å². The van der Waals surface area contributed by atoms with Gasteiger partial charge in [0.05, 0.1) is 18.3 Å². The smallest absolute Gasteiger partial charge is 0.338 e. The molecule has 0 radical (unpaired) electrons. The molecular formula is C35H45N3O4. The maximum Gasteiger partial charge on any atom is 0.338 e. The minimum atomic E-state index is -0.585. The molecule has 2 aromatic rings. The van der Waals surface area contributed by atoms with E-state index in [0.29, 0.717) is 18.8 Å². The summed E-state index contributed by atoms with van der Waals surface area (Å²) in [6, 6.07) is 17.7. The van der Waals surface area contributed by atoms with Crippen molar-refractivity contribution in [2.24, 2.45) is 0 Å². The zero-order valence-corrected chi connectivity index (χ0v) is 25.3. The zero-order valence-electron chi connectivity index (χ0n) is 25.3. The van der Waals surface area contributed by atoms with E-state index in [1.165, 1.54) is 0 Å². The Bertz CT molecular complexity index is 1310. The fourth-order valence-electron chi connectivity index (χ4n) is 6.38. The number of anilines is 1. The molecule has 2 aromatic carbocycles. The zero-order chi connectivity index (χ0) is 29.7. The Kier molecular flexibility index (Phi) is 9.19. The van der Waals surface area contributed by atoms with Gasteiger partial charge in [0.15, 0.2) is 0 Å². The quantitative estimate of drug-likeness (QED) is 0.390. The summed E-state index contributed by atoms with van der Waals surface area (Å²) >= 11 is 0. The first-order valence-corrected chi connectivity index (χ1v) is 15.4. The van der Waals surface area contributed by atoms with Gasteiger partial charge in [-0.25, -0.2) is 4.79 Å². The third-order valence-corrected chi connectivity index (χ3v) is 8.56. The Labute approximate surface area is 250 Å². The minimum Gasteiger partial charge on any atom is -0.456 e. The van der Waals surface area contributed by atoms with E-state index >= 15 is 0 Å². The highest BCUT2D eigenvalue weighted by Gasteiger charge is 2.53. The third kappa shape index (κ3) is 6.96. The van der Waals surface area contributed by atoms with Crippen LogP contribution in [0.5, 0.6) is 0 Å². The molecule has 1 amide bonds. The molecule has 2 saturated heterocycles. The van der Waals surface area contributed by atoms with Crippen LogP contribution in [0, 0.1) is 0 Å². The van der Waals surface area contributed by atoms with Crippen molar-refractivity contribution in [2.75, 3.05) is 31.2 Å². The summed E-state index contributed by atoms with van der Waals surface area (Å²) in [7, 11) is 0. The molecule has 5 rings (SSSR count). The summed E-state index contributed by atoms with van der Waals surface area (Å²) in [4.78, 5) is 33.5. The number of hydrogen-bond donors (Lipinski definition) is 1. The number of esters is 1. The van der Waals surface area contributed by atoms with Crippen molar-refractivity contribution in [3.8, 4) is 0 Å². The molecule has 0 aromatic heterocycles. The number of carbonyl (C=O) groups excluding carboxylic acids is 2. The molecule has 0 saturated carbocycles. The maximum atomic E-state index is 14.2. The molecular weight excluding hydrogens is 526 g/mol. The molecule has 7 nitrogen and oxygen atoms in total. The van der Waals surface area contributed by atoms with E-state index in [0.717, 1.165) is 75.0 Å². The molecule has 1 spiro atoms. The van der Waals surface area contributed by atoms with E-state index in [9.17, 15) is 14.7 Å². The molecule has 0 bridgehead atoms. The van der Waals surface area contributed by atoms with Crippen LogP contribution in [0.4, 0.5) is 5.69 Å². The van der Waals surface area contributed by atoms with Gasteiger partial charge in [-0.3, -0.25) is 4.79 Å². The van der Waals surface area contributed by atoms with Crippen LogP contribution in [-0.4, -0.2) is 70.3 Å². The van der Waals surface area contributed by atoms with Crippen LogP contribution >= 0.6 is 0 Å². The first kappa shape index (κ1) is 30.1. The molecule has 1 aliphatic carbocycles. The molecule has 1 N–H and O–H groups in total. The van der Waals surface area contributed by atoms with Crippen molar-refractivity contribution in [1.82, 2.24) is 9.80 Å². The Hall–Kier alpha value is -3.42. The number of amides is 1. The van der Waals surface area contributed by atoms with E-state index in [-0.39, 0.29) is 11.9 Å². The second-order valence-electron chi connectivity index (χ2n) is 12.8. The predicted molar refractivity (Wildman–Crippen MR) is 166 cm³/mol. The molecule has 3 aliphatic rings. The van der Waals surface area contributed by atoms with Crippen LogP contribution in [0.1, 0.15) is 75.2 Å². The average Bonchev–Trinajstić information content (AvgIpc) is 3.24. The van der Waals surface area contributed by atoms with Gasteiger partial charge in [0.1, 0.15) is 11.1 Å². The van der Waals surface area contributed by atoms with Crippen molar-refractivity contribution in [2.45, 2.75) is 83.1 Å².